The van der Waals surface area contributed by atoms with Gasteiger partial charge in [0, 0.05) is 36.2 Å². The zero-order valence-electron chi connectivity index (χ0n) is 14.2. The molecule has 5 N–H and O–H groups in total. The van der Waals surface area contributed by atoms with Gasteiger partial charge >= 0.3 is 0 Å². The molecule has 2 aromatic heterocycles. The Kier molecular flexibility index (Phi) is 4.18. The molecule has 0 bridgehead atoms. The fraction of sp³-hybridized carbons (Fsp3) is 0.200. The lowest BCUT2D eigenvalue weighted by atomic mass is 9.86. The van der Waals surface area contributed by atoms with Crippen LogP contribution in [0, 0.1) is 5.92 Å². The number of benzene rings is 1. The van der Waals surface area contributed by atoms with Gasteiger partial charge in [-0.05, 0) is 36.6 Å². The Morgan fingerprint density at radius 3 is 2.77 bits per heavy atom. The molecule has 3 aromatic rings. The van der Waals surface area contributed by atoms with E-state index in [4.69, 9.17) is 5.73 Å². The van der Waals surface area contributed by atoms with Crippen LogP contribution in [0.15, 0.2) is 48.7 Å². The molecule has 0 radical (unpaired) electrons. The monoisotopic (exact) mass is 348 g/mol. The van der Waals surface area contributed by atoms with Crippen molar-refractivity contribution >= 4 is 23.0 Å². The quantitative estimate of drug-likeness (QED) is 0.580. The molecule has 1 aromatic carbocycles. The lowest BCUT2D eigenvalue weighted by Gasteiger charge is -2.20. The molecule has 26 heavy (non-hydrogen) atoms. The van der Waals surface area contributed by atoms with E-state index in [2.05, 4.69) is 15.3 Å². The second-order valence-corrected chi connectivity index (χ2v) is 6.57. The Hall–Kier alpha value is -3.12. The Morgan fingerprint density at radius 2 is 2.04 bits per heavy atom. The highest BCUT2D eigenvalue weighted by molar-refractivity contribution is 6.07. The summed E-state index contributed by atoms with van der Waals surface area (Å²) in [6.45, 7) is 0.00316. The van der Waals surface area contributed by atoms with Gasteiger partial charge in [-0.3, -0.25) is 4.79 Å². The van der Waals surface area contributed by atoms with E-state index in [-0.39, 0.29) is 18.3 Å². The summed E-state index contributed by atoms with van der Waals surface area (Å²) in [6, 6.07) is 13.4. The second-order valence-electron chi connectivity index (χ2n) is 6.57. The molecular formula is C20H20N4O2. The van der Waals surface area contributed by atoms with Crippen LogP contribution < -0.4 is 11.1 Å². The molecule has 132 valence electrons. The number of carbonyl (C=O) groups is 1. The first kappa shape index (κ1) is 16.4. The number of nitrogen functional groups attached to an aromatic ring is 1. The van der Waals surface area contributed by atoms with Gasteiger partial charge in [0.25, 0.3) is 0 Å². The number of hydrogen-bond donors (Lipinski definition) is 4. The van der Waals surface area contributed by atoms with Crippen LogP contribution in [0.4, 0.5) is 17.2 Å². The first-order valence-corrected chi connectivity index (χ1v) is 8.58. The molecule has 2 heterocycles. The molecule has 0 saturated heterocycles. The molecule has 6 heteroatoms. The third kappa shape index (κ3) is 2.95. The van der Waals surface area contributed by atoms with E-state index in [1.165, 1.54) is 0 Å². The zero-order chi connectivity index (χ0) is 18.1. The number of aliphatic hydroxyl groups excluding tert-OH is 1. The molecular weight excluding hydrogens is 328 g/mol. The highest BCUT2D eigenvalue weighted by atomic mass is 16.3. The molecule has 6 nitrogen and oxygen atoms in total. The van der Waals surface area contributed by atoms with Crippen LogP contribution in [0.25, 0.3) is 11.3 Å². The summed E-state index contributed by atoms with van der Waals surface area (Å²) in [5.41, 5.74) is 10.7. The Balaban J connectivity index is 1.86. The number of H-pyrrole nitrogens is 1. The molecule has 0 saturated carbocycles. The van der Waals surface area contributed by atoms with Crippen molar-refractivity contribution in [1.29, 1.82) is 0 Å². The van der Waals surface area contributed by atoms with Crippen molar-refractivity contribution in [2.45, 2.75) is 12.8 Å². The number of para-hydroxylation sites is 1. The minimum Gasteiger partial charge on any atom is -0.396 e. The number of anilines is 3. The number of aromatic amines is 1. The smallest absolute Gasteiger partial charge is 0.167 e. The summed E-state index contributed by atoms with van der Waals surface area (Å²) in [5.74, 6) is 0.405. The lowest BCUT2D eigenvalue weighted by Crippen LogP contribution is -2.22. The molecule has 1 atom stereocenters. The van der Waals surface area contributed by atoms with Crippen molar-refractivity contribution in [2.24, 2.45) is 5.92 Å². The van der Waals surface area contributed by atoms with Crippen LogP contribution in [0.2, 0.25) is 0 Å². The summed E-state index contributed by atoms with van der Waals surface area (Å²) in [5, 5.41) is 12.9. The maximum Gasteiger partial charge on any atom is 0.167 e. The van der Waals surface area contributed by atoms with Crippen molar-refractivity contribution in [2.75, 3.05) is 17.7 Å². The third-order valence-electron chi connectivity index (χ3n) is 4.69. The van der Waals surface area contributed by atoms with E-state index in [9.17, 15) is 9.90 Å². The number of rotatable bonds is 4. The Bertz CT molecular complexity index is 950. The van der Waals surface area contributed by atoms with Crippen LogP contribution in [0.3, 0.4) is 0 Å². The average molecular weight is 348 g/mol. The number of nitrogens with one attached hydrogen (secondary N) is 2. The summed E-state index contributed by atoms with van der Waals surface area (Å²) >= 11 is 0. The first-order valence-electron chi connectivity index (χ1n) is 8.58. The van der Waals surface area contributed by atoms with Crippen LogP contribution in [0.1, 0.15) is 22.5 Å². The van der Waals surface area contributed by atoms with Crippen molar-refractivity contribution < 1.29 is 9.90 Å². The van der Waals surface area contributed by atoms with E-state index in [0.29, 0.717) is 24.2 Å². The normalized spacial score (nSPS) is 16.3. The molecule has 4 rings (SSSR count). The van der Waals surface area contributed by atoms with Crippen LogP contribution >= 0.6 is 0 Å². The summed E-state index contributed by atoms with van der Waals surface area (Å²) < 4.78 is 0. The number of nitrogens with zero attached hydrogens (tertiary/aromatic N) is 1. The largest absolute Gasteiger partial charge is 0.396 e. The van der Waals surface area contributed by atoms with Crippen molar-refractivity contribution in [3.63, 3.8) is 0 Å². The number of pyridine rings is 1. The number of aliphatic hydroxyl groups is 1. The number of aromatic nitrogens is 2. The molecule has 1 aliphatic carbocycles. The Labute approximate surface area is 151 Å². The molecule has 0 fully saturated rings. The maximum atomic E-state index is 12.8. The number of nitrogens with two attached hydrogens (primary N) is 1. The minimum absolute atomic E-state index is 0.00316. The summed E-state index contributed by atoms with van der Waals surface area (Å²) in [7, 11) is 0. The Morgan fingerprint density at radius 1 is 1.23 bits per heavy atom. The maximum absolute atomic E-state index is 12.8. The SMILES string of the molecule is Nc1cc(-c2[nH]c3c(c2Nc2ccccc2)C(=O)CC(CO)C3)ccn1. The summed E-state index contributed by atoms with van der Waals surface area (Å²) in [6.07, 6.45) is 2.64. The van der Waals surface area contributed by atoms with Crippen molar-refractivity contribution in [3.8, 4) is 11.3 Å². The van der Waals surface area contributed by atoms with E-state index in [1.807, 2.05) is 36.4 Å². The van der Waals surface area contributed by atoms with E-state index in [0.717, 1.165) is 28.3 Å². The van der Waals surface area contributed by atoms with Gasteiger partial charge in [-0.25, -0.2) is 4.98 Å². The van der Waals surface area contributed by atoms with Crippen LogP contribution in [-0.2, 0) is 6.42 Å². The van der Waals surface area contributed by atoms with Gasteiger partial charge < -0.3 is 21.1 Å². The molecule has 0 amide bonds. The second kappa shape index (κ2) is 6.65. The van der Waals surface area contributed by atoms with E-state index >= 15 is 0 Å². The van der Waals surface area contributed by atoms with Gasteiger partial charge in [0.05, 0.1) is 16.9 Å². The molecule has 0 spiro atoms. The lowest BCUT2D eigenvalue weighted by molar-refractivity contribution is 0.0919. The summed E-state index contributed by atoms with van der Waals surface area (Å²) in [4.78, 5) is 20.2. The van der Waals surface area contributed by atoms with Gasteiger partial charge in [0.1, 0.15) is 5.82 Å². The van der Waals surface area contributed by atoms with Gasteiger partial charge in [0.2, 0.25) is 0 Å². The molecule has 1 unspecified atom stereocenters. The predicted octanol–water partition coefficient (Wildman–Crippen LogP) is 3.14. The fourth-order valence-electron chi connectivity index (χ4n) is 3.48. The van der Waals surface area contributed by atoms with E-state index in [1.54, 1.807) is 12.3 Å². The zero-order valence-corrected chi connectivity index (χ0v) is 14.2. The van der Waals surface area contributed by atoms with Crippen LogP contribution in [-0.4, -0.2) is 27.5 Å². The minimum atomic E-state index is -0.0476. The number of hydrogen-bond acceptors (Lipinski definition) is 5. The van der Waals surface area contributed by atoms with Crippen LogP contribution in [0.5, 0.6) is 0 Å². The third-order valence-corrected chi connectivity index (χ3v) is 4.69. The average Bonchev–Trinajstić information content (AvgIpc) is 3.01. The standard InChI is InChI=1S/C20H20N4O2/c21-17-10-13(6-7-22-17)19-20(23-14-4-2-1-3-5-14)18-15(24-19)8-12(11-25)9-16(18)26/h1-7,10,12,23-25H,8-9,11H2,(H2,21,22). The first-order chi connectivity index (χ1) is 12.7. The highest BCUT2D eigenvalue weighted by Gasteiger charge is 2.31. The topological polar surface area (TPSA) is 104 Å². The number of ketones is 1. The number of carbonyl (C=O) groups excluding carboxylic acids is 1. The van der Waals surface area contributed by atoms with Gasteiger partial charge in [0.15, 0.2) is 5.78 Å². The fourth-order valence-corrected chi connectivity index (χ4v) is 3.48. The number of Topliss-reactive ketones (excluding diaryl/α,β-unsaturated/α-hetero) is 1. The highest BCUT2D eigenvalue weighted by Crippen LogP contribution is 2.40. The van der Waals surface area contributed by atoms with Crippen molar-refractivity contribution in [3.05, 3.63) is 59.9 Å². The number of fused-ring (bicyclic) bond motifs is 1. The molecule has 0 aliphatic heterocycles. The van der Waals surface area contributed by atoms with Gasteiger partial charge in [-0.1, -0.05) is 18.2 Å². The van der Waals surface area contributed by atoms with Gasteiger partial charge in [-0.15, -0.1) is 0 Å². The predicted molar refractivity (Wildman–Crippen MR) is 101 cm³/mol. The van der Waals surface area contributed by atoms with Gasteiger partial charge in [-0.2, -0.15) is 0 Å². The molecule has 1 aliphatic rings. The van der Waals surface area contributed by atoms with E-state index < -0.39 is 0 Å². The van der Waals surface area contributed by atoms with Crippen molar-refractivity contribution in [1.82, 2.24) is 9.97 Å².